The van der Waals surface area contributed by atoms with Crippen molar-refractivity contribution in [3.8, 4) is 104 Å². The van der Waals surface area contributed by atoms with Crippen molar-refractivity contribution in [2.75, 3.05) is 55.0 Å². The van der Waals surface area contributed by atoms with Gasteiger partial charge in [0.15, 0.2) is 20.0 Å². The van der Waals surface area contributed by atoms with Crippen LogP contribution in [0, 0.1) is 29.0 Å². The molecule has 2 aliphatic carbocycles. The van der Waals surface area contributed by atoms with Gasteiger partial charge in [-0.1, -0.05) is 88.7 Å². The number of rotatable bonds is 15. The molecule has 0 bridgehead atoms. The minimum atomic E-state index is -0.512. The van der Waals surface area contributed by atoms with Gasteiger partial charge in [-0.2, -0.15) is 20.4 Å². The number of hydrogen-bond donors (Lipinski definition) is 7. The van der Waals surface area contributed by atoms with Gasteiger partial charge in [-0.25, -0.2) is 9.07 Å². The molecule has 12 aromatic rings. The molecule has 8 aromatic heterocycles. The zero-order chi connectivity index (χ0) is 78.4. The van der Waals surface area contributed by atoms with Crippen LogP contribution < -0.4 is 30.1 Å². The summed E-state index contributed by atoms with van der Waals surface area (Å²) in [6.45, 7) is 22.3. The molecule has 4 aliphatic heterocycles. The van der Waals surface area contributed by atoms with Gasteiger partial charge in [-0.05, 0) is 196 Å². The molecule has 12 heterocycles. The third kappa shape index (κ3) is 17.6. The smallest absolute Gasteiger partial charge is 0.208 e. The maximum absolute atomic E-state index is 14.7. The number of anilines is 3. The molecule has 112 heavy (non-hydrogen) atoms. The van der Waals surface area contributed by atoms with E-state index in [1.165, 1.54) is 86.2 Å². The van der Waals surface area contributed by atoms with Crippen LogP contribution in [0.5, 0.6) is 23.0 Å². The van der Waals surface area contributed by atoms with E-state index in [0.29, 0.717) is 49.1 Å². The number of phenols is 3. The van der Waals surface area contributed by atoms with E-state index in [9.17, 15) is 19.7 Å². The molecule has 7 N–H and O–H groups in total. The fourth-order valence-corrected chi connectivity index (χ4v) is 22.1. The van der Waals surface area contributed by atoms with Crippen LogP contribution in [0.4, 0.5) is 19.8 Å². The Balaban J connectivity index is 0.000000118. The Morgan fingerprint density at radius 2 is 1.18 bits per heavy atom. The molecule has 4 saturated heterocycles. The SMILES string of the molecule is CN(c1nnc(-c2c(O)cc(-c3cn[nH]c3)cc2Cl)s1)C1CC(C)(C)NC(C)(C)C1.COc1cc(-n2cccn2)ccc1-c1nnc(CC2CC(C)(C)NC(C)(C)C2)s1.Cn1cc(-c2ccc(-c3nnc(N4CC5(CCCCC5)C4)s3)c(O)c2)cn1.Oc1cc(-c2cn[nH]c2)cc(F)c1-c1nnc(N2C[C@H]3CCC[C@H]3C2)s1. The van der Waals surface area contributed by atoms with Crippen LogP contribution in [0.15, 0.2) is 116 Å². The van der Waals surface area contributed by atoms with Crippen LogP contribution in [-0.2, 0) is 13.5 Å². The molecule has 588 valence electrons. The number of ether oxygens (including phenoxy) is 1. The minimum absolute atomic E-state index is 0.0404. The molecule has 25 nitrogen and oxygen atoms in total. The van der Waals surface area contributed by atoms with Gasteiger partial charge in [0.1, 0.15) is 33.8 Å². The van der Waals surface area contributed by atoms with Gasteiger partial charge in [-0.15, -0.1) is 40.8 Å². The number of hydrogen-bond acceptors (Lipinski definition) is 25. The number of aromatic hydroxyl groups is 3. The number of piperidine rings is 2. The van der Waals surface area contributed by atoms with Crippen LogP contribution in [0.2, 0.25) is 5.02 Å². The first-order valence-corrected chi connectivity index (χ1v) is 41.9. The molecule has 0 radical (unpaired) electrons. The van der Waals surface area contributed by atoms with Crippen molar-refractivity contribution < 1.29 is 24.4 Å². The van der Waals surface area contributed by atoms with Gasteiger partial charge >= 0.3 is 0 Å². The summed E-state index contributed by atoms with van der Waals surface area (Å²) in [4.78, 5) is 6.80. The summed E-state index contributed by atoms with van der Waals surface area (Å²) in [6, 6.07) is 20.4. The van der Waals surface area contributed by atoms with E-state index in [1.807, 2.05) is 66.6 Å². The lowest BCUT2D eigenvalue weighted by molar-refractivity contribution is 0.128. The first kappa shape index (κ1) is 78.0. The fourth-order valence-electron chi connectivity index (χ4n) is 18.0. The van der Waals surface area contributed by atoms with E-state index in [2.05, 4.69) is 159 Å². The number of aromatic amines is 2. The van der Waals surface area contributed by atoms with Crippen molar-refractivity contribution in [1.29, 1.82) is 0 Å². The number of H-pyrrole nitrogens is 2. The molecule has 6 fully saturated rings. The predicted molar refractivity (Wildman–Crippen MR) is 444 cm³/mol. The van der Waals surface area contributed by atoms with Gasteiger partial charge in [0.2, 0.25) is 15.4 Å². The molecule has 18 rings (SSSR count). The normalized spacial score (nSPS) is 19.4. The Morgan fingerprint density at radius 3 is 1.79 bits per heavy atom. The van der Waals surface area contributed by atoms with Gasteiger partial charge in [0, 0.05) is 134 Å². The lowest BCUT2D eigenvalue weighted by Gasteiger charge is -2.52. The van der Waals surface area contributed by atoms with Crippen LogP contribution in [0.3, 0.4) is 0 Å². The topological polar surface area (TPSA) is 300 Å². The Hall–Kier alpha value is -9.30. The highest BCUT2D eigenvalue weighted by atomic mass is 35.5. The van der Waals surface area contributed by atoms with Crippen molar-refractivity contribution in [2.45, 2.75) is 167 Å². The van der Waals surface area contributed by atoms with Crippen molar-refractivity contribution in [2.24, 2.45) is 30.2 Å². The van der Waals surface area contributed by atoms with E-state index < -0.39 is 5.82 Å². The van der Waals surface area contributed by atoms with E-state index in [4.69, 9.17) is 16.3 Å². The first-order valence-electron chi connectivity index (χ1n) is 38.3. The molecule has 4 aromatic carbocycles. The van der Waals surface area contributed by atoms with Crippen LogP contribution in [-0.4, -0.2) is 165 Å². The van der Waals surface area contributed by atoms with Crippen molar-refractivity contribution in [1.82, 2.24) is 91.4 Å². The molecule has 1 spiro atoms. The van der Waals surface area contributed by atoms with Gasteiger partial charge in [-0.3, -0.25) is 14.9 Å². The number of aromatic nitrogens is 16. The van der Waals surface area contributed by atoms with Crippen LogP contribution >= 0.6 is 56.9 Å². The minimum Gasteiger partial charge on any atom is -0.507 e. The summed E-state index contributed by atoms with van der Waals surface area (Å²) in [6.07, 6.45) is 30.1. The molecule has 0 amide bonds. The molecule has 0 unspecified atom stereocenters. The maximum Gasteiger partial charge on any atom is 0.208 e. The molecular weight excluding hydrogens is 1510 g/mol. The average molecular weight is 1610 g/mol. The summed E-state index contributed by atoms with van der Waals surface area (Å²) in [5.41, 5.74) is 9.02. The first-order chi connectivity index (χ1) is 53.6. The molecule has 2 saturated carbocycles. The summed E-state index contributed by atoms with van der Waals surface area (Å²) < 4.78 is 23.9. The average Bonchev–Trinajstić information content (AvgIpc) is 1.53. The van der Waals surface area contributed by atoms with E-state index in [-0.39, 0.29) is 45.0 Å². The Morgan fingerprint density at radius 1 is 0.589 bits per heavy atom. The number of benzene rings is 4. The Kier molecular flexibility index (Phi) is 22.2. The Bertz CT molecular complexity index is 5120. The summed E-state index contributed by atoms with van der Waals surface area (Å²) >= 11 is 12.5. The van der Waals surface area contributed by atoms with E-state index >= 15 is 0 Å². The summed E-state index contributed by atoms with van der Waals surface area (Å²) in [5.74, 6) is 2.54. The quantitative estimate of drug-likeness (QED) is 0.0502. The van der Waals surface area contributed by atoms with Gasteiger partial charge in [0.25, 0.3) is 0 Å². The number of aryl methyl sites for hydroxylation is 1. The summed E-state index contributed by atoms with van der Waals surface area (Å²) in [7, 11) is 5.64. The number of fused-ring (bicyclic) bond motifs is 1. The van der Waals surface area contributed by atoms with Crippen molar-refractivity contribution in [3.63, 3.8) is 0 Å². The third-order valence-corrected chi connectivity index (χ3v) is 26.7. The maximum atomic E-state index is 14.7. The van der Waals surface area contributed by atoms with Crippen molar-refractivity contribution in [3.05, 3.63) is 132 Å². The highest BCUT2D eigenvalue weighted by molar-refractivity contribution is 7.19. The standard InChI is InChI=1S/C22H29N5OS.C21H27ClN6OS.C20H23N5OS.C18H18FN5OS/c1-21(2)13-15(14-22(3,4)26-21)11-19-24-25-20(29-19)17-8-7-16(12-18(17)28-5)27-10-6-9-23-27;1-20(2)8-14(9-21(3,4)27-20)28(5)19-26-25-18(30-19)17-15(22)6-12(7-16(17)29)13-10-23-24-11-13;1-24-11-15(10-21-24)14-5-6-16(17(26)9-14)18-22-23-19(27-18)25-12-20(13-25)7-3-2-4-8-20;19-14-4-12(13-6-20-21-7-13)5-15(25)16(14)17-22-23-18(26-17)24-8-10-2-1-3-11(10)9-24/h6-10,12,15,26H,11,13-14H2,1-5H3;6-7,10-11,14,27,29H,8-9H2,1-5H3,(H,23,24);5-6,9-11,26H,2-4,7-8,12-13H2,1H3;4-7,10-11,25H,1-3,8-9H2,(H,20,21)/t;;;10-,11+. The largest absolute Gasteiger partial charge is 0.507 e. The van der Waals surface area contributed by atoms with E-state index in [1.54, 1.807) is 83.8 Å². The number of nitrogens with zero attached hydrogens (tertiary/aromatic N) is 17. The molecule has 31 heteroatoms. The monoisotopic (exact) mass is 1610 g/mol. The zero-order valence-electron chi connectivity index (χ0n) is 65.0. The zero-order valence-corrected chi connectivity index (χ0v) is 69.1. The fraction of sp³-hybridized carbons (Fsp3) is 0.457. The highest BCUT2D eigenvalue weighted by Gasteiger charge is 2.46. The lowest BCUT2D eigenvalue weighted by Crippen LogP contribution is -2.61. The molecular formula is C81H97ClFN21O4S4. The van der Waals surface area contributed by atoms with Crippen LogP contribution in [0.25, 0.3) is 81.4 Å². The number of nitrogens with one attached hydrogen (secondary N) is 4. The highest BCUT2D eigenvalue weighted by Crippen LogP contribution is 2.50. The second-order valence-corrected chi connectivity index (χ2v) is 37.9. The number of phenolic OH excluding ortho intramolecular Hbond substituents is 3. The predicted octanol–water partition coefficient (Wildman–Crippen LogP) is 17.0. The third-order valence-electron chi connectivity index (χ3n) is 22.4. The Labute approximate surface area is 672 Å². The van der Waals surface area contributed by atoms with Crippen molar-refractivity contribution >= 4 is 72.3 Å². The molecule has 2 atom stereocenters. The van der Waals surface area contributed by atoms with E-state index in [0.717, 1.165) is 145 Å². The number of halogens is 2. The second-order valence-electron chi connectivity index (χ2n) is 33.5. The van der Waals surface area contributed by atoms with Gasteiger partial charge < -0.3 is 45.4 Å². The van der Waals surface area contributed by atoms with Gasteiger partial charge in [0.05, 0.1) is 58.7 Å². The molecule has 6 aliphatic rings. The number of methoxy groups -OCH3 is 1. The lowest BCUT2D eigenvalue weighted by atomic mass is 9.69. The van der Waals surface area contributed by atoms with Crippen LogP contribution in [0.1, 0.15) is 137 Å². The summed E-state index contributed by atoms with van der Waals surface area (Å²) in [5, 5.41) is 102. The second kappa shape index (κ2) is 31.9.